The van der Waals surface area contributed by atoms with Crippen LogP contribution >= 0.6 is 11.6 Å². The number of hydrogen-bond donors (Lipinski definition) is 3. The molecule has 2 aromatic rings. The van der Waals surface area contributed by atoms with Gasteiger partial charge in [-0.2, -0.15) is 0 Å². The maximum atomic E-state index is 12.1. The van der Waals surface area contributed by atoms with Crippen LogP contribution in [0.1, 0.15) is 28.9 Å². The summed E-state index contributed by atoms with van der Waals surface area (Å²) < 4.78 is 0. The predicted molar refractivity (Wildman–Crippen MR) is 80.9 cm³/mol. The molecule has 4 N–H and O–H groups in total. The monoisotopic (exact) mass is 290 g/mol. The van der Waals surface area contributed by atoms with Crippen molar-refractivity contribution in [3.8, 4) is 0 Å². The molecule has 0 aliphatic heterocycles. The maximum Gasteiger partial charge on any atom is 0.257 e. The van der Waals surface area contributed by atoms with Crippen LogP contribution < -0.4 is 11.1 Å². The number of carbonyl (C=O) groups is 1. The fourth-order valence-corrected chi connectivity index (χ4v) is 2.07. The molecule has 0 aliphatic rings. The lowest BCUT2D eigenvalue weighted by Gasteiger charge is -2.10. The first kappa shape index (κ1) is 14.4. The summed E-state index contributed by atoms with van der Waals surface area (Å²) >= 11 is 5.99. The predicted octanol–water partition coefficient (Wildman–Crippen LogP) is 3.23. The lowest BCUT2D eigenvalue weighted by atomic mass is 10.1. The molecular formula is C15H15ClN2O2. The summed E-state index contributed by atoms with van der Waals surface area (Å²) in [6.45, 7) is 1.66. The lowest BCUT2D eigenvalue weighted by Crippen LogP contribution is -2.13. The van der Waals surface area contributed by atoms with Crippen LogP contribution in [0, 0.1) is 0 Å². The Kier molecular flexibility index (Phi) is 4.27. The van der Waals surface area contributed by atoms with Crippen molar-refractivity contribution in [2.75, 3.05) is 11.1 Å². The Morgan fingerprint density at radius 2 is 2.05 bits per heavy atom. The van der Waals surface area contributed by atoms with Gasteiger partial charge < -0.3 is 16.2 Å². The maximum absolute atomic E-state index is 12.1. The third kappa shape index (κ3) is 3.29. The van der Waals surface area contributed by atoms with Gasteiger partial charge in [0.25, 0.3) is 5.91 Å². The molecule has 5 heteroatoms. The Bertz CT molecular complexity index is 642. The van der Waals surface area contributed by atoms with Gasteiger partial charge in [0.1, 0.15) is 0 Å². The Morgan fingerprint density at radius 3 is 2.70 bits per heavy atom. The molecule has 104 valence electrons. The van der Waals surface area contributed by atoms with Crippen molar-refractivity contribution in [1.82, 2.24) is 0 Å². The molecule has 0 radical (unpaired) electrons. The van der Waals surface area contributed by atoms with E-state index in [0.29, 0.717) is 22.0 Å². The fourth-order valence-electron chi connectivity index (χ4n) is 1.79. The molecule has 2 rings (SSSR count). The van der Waals surface area contributed by atoms with E-state index < -0.39 is 6.10 Å². The van der Waals surface area contributed by atoms with Crippen molar-refractivity contribution in [3.63, 3.8) is 0 Å². The summed E-state index contributed by atoms with van der Waals surface area (Å²) in [6.07, 6.45) is -0.591. The zero-order valence-corrected chi connectivity index (χ0v) is 11.7. The molecule has 2 aromatic carbocycles. The number of halogens is 1. The molecule has 0 heterocycles. The minimum absolute atomic E-state index is 0.300. The second kappa shape index (κ2) is 5.94. The van der Waals surface area contributed by atoms with Gasteiger partial charge in [-0.25, -0.2) is 0 Å². The fraction of sp³-hybridized carbons (Fsp3) is 0.133. The van der Waals surface area contributed by atoms with Crippen molar-refractivity contribution in [2.45, 2.75) is 13.0 Å². The Labute approximate surface area is 122 Å². The third-order valence-corrected chi connectivity index (χ3v) is 3.18. The number of nitrogen functional groups attached to an aromatic ring is 1. The number of rotatable bonds is 3. The molecule has 0 bridgehead atoms. The van der Waals surface area contributed by atoms with Gasteiger partial charge in [-0.3, -0.25) is 4.79 Å². The average Bonchev–Trinajstić information content (AvgIpc) is 2.38. The molecule has 0 saturated heterocycles. The molecule has 4 nitrogen and oxygen atoms in total. The summed E-state index contributed by atoms with van der Waals surface area (Å²) in [5.74, 6) is -0.322. The van der Waals surface area contributed by atoms with Crippen molar-refractivity contribution in [2.24, 2.45) is 0 Å². The van der Waals surface area contributed by atoms with Crippen molar-refractivity contribution < 1.29 is 9.90 Å². The zero-order chi connectivity index (χ0) is 14.7. The highest BCUT2D eigenvalue weighted by molar-refractivity contribution is 6.34. The quantitative estimate of drug-likeness (QED) is 0.760. The van der Waals surface area contributed by atoms with E-state index in [1.807, 2.05) is 0 Å². The van der Waals surface area contributed by atoms with E-state index in [0.717, 1.165) is 5.56 Å². The van der Waals surface area contributed by atoms with E-state index in [2.05, 4.69) is 5.32 Å². The van der Waals surface area contributed by atoms with Gasteiger partial charge in [-0.1, -0.05) is 23.7 Å². The van der Waals surface area contributed by atoms with Crippen LogP contribution in [0.5, 0.6) is 0 Å². The number of carbonyl (C=O) groups excluding carboxylic acids is 1. The third-order valence-electron chi connectivity index (χ3n) is 2.86. The molecule has 1 amide bonds. The number of hydrogen-bond acceptors (Lipinski definition) is 3. The molecule has 20 heavy (non-hydrogen) atoms. The Morgan fingerprint density at radius 1 is 1.30 bits per heavy atom. The molecule has 1 atom stereocenters. The number of nitrogens with one attached hydrogen (secondary N) is 1. The SMILES string of the molecule is CC(O)c1cccc(NC(=O)c2ccc(N)cc2Cl)c1. The number of benzene rings is 2. The van der Waals surface area contributed by atoms with Crippen molar-refractivity contribution in [3.05, 3.63) is 58.6 Å². The Balaban J connectivity index is 2.21. The smallest absolute Gasteiger partial charge is 0.257 e. The molecule has 0 aromatic heterocycles. The van der Waals surface area contributed by atoms with E-state index >= 15 is 0 Å². The van der Waals surface area contributed by atoms with Crippen LogP contribution in [0.15, 0.2) is 42.5 Å². The first-order valence-electron chi connectivity index (χ1n) is 6.12. The summed E-state index contributed by atoms with van der Waals surface area (Å²) in [7, 11) is 0. The van der Waals surface area contributed by atoms with Crippen molar-refractivity contribution >= 4 is 28.9 Å². The highest BCUT2D eigenvalue weighted by atomic mass is 35.5. The van der Waals surface area contributed by atoms with Gasteiger partial charge in [0.15, 0.2) is 0 Å². The number of amides is 1. The second-order valence-corrected chi connectivity index (χ2v) is 4.90. The van der Waals surface area contributed by atoms with Crippen LogP contribution in [-0.2, 0) is 0 Å². The highest BCUT2D eigenvalue weighted by Gasteiger charge is 2.11. The van der Waals surface area contributed by atoms with Gasteiger partial charge in [0.2, 0.25) is 0 Å². The summed E-state index contributed by atoms with van der Waals surface area (Å²) in [5, 5.41) is 12.6. The molecule has 0 aliphatic carbocycles. The first-order valence-corrected chi connectivity index (χ1v) is 6.49. The number of nitrogens with two attached hydrogens (primary N) is 1. The van der Waals surface area contributed by atoms with Gasteiger partial charge in [-0.15, -0.1) is 0 Å². The molecule has 0 fully saturated rings. The van der Waals surface area contributed by atoms with Crippen LogP contribution in [0.4, 0.5) is 11.4 Å². The lowest BCUT2D eigenvalue weighted by molar-refractivity contribution is 0.102. The summed E-state index contributed by atoms with van der Waals surface area (Å²) in [4.78, 5) is 12.1. The topological polar surface area (TPSA) is 75.3 Å². The molecule has 0 spiro atoms. The summed E-state index contributed by atoms with van der Waals surface area (Å²) in [5.41, 5.74) is 7.77. The molecular weight excluding hydrogens is 276 g/mol. The van der Waals surface area contributed by atoms with Crippen LogP contribution in [0.25, 0.3) is 0 Å². The molecule has 1 unspecified atom stereocenters. The summed E-state index contributed by atoms with van der Waals surface area (Å²) in [6, 6.07) is 11.7. The Hall–Kier alpha value is -2.04. The van der Waals surface area contributed by atoms with Crippen LogP contribution in [0.2, 0.25) is 5.02 Å². The van der Waals surface area contributed by atoms with E-state index in [1.54, 1.807) is 43.3 Å². The van der Waals surface area contributed by atoms with Crippen LogP contribution in [-0.4, -0.2) is 11.0 Å². The van der Waals surface area contributed by atoms with Gasteiger partial charge in [-0.05, 0) is 42.8 Å². The minimum atomic E-state index is -0.591. The average molecular weight is 291 g/mol. The number of aliphatic hydroxyl groups excluding tert-OH is 1. The largest absolute Gasteiger partial charge is 0.399 e. The van der Waals surface area contributed by atoms with Crippen LogP contribution in [0.3, 0.4) is 0 Å². The van der Waals surface area contributed by atoms with E-state index in [1.165, 1.54) is 6.07 Å². The van der Waals surface area contributed by atoms with E-state index in [4.69, 9.17) is 17.3 Å². The van der Waals surface area contributed by atoms with Crippen molar-refractivity contribution in [1.29, 1.82) is 0 Å². The number of anilines is 2. The standard InChI is InChI=1S/C15H15ClN2O2/c1-9(19)10-3-2-4-12(7-10)18-15(20)13-6-5-11(17)8-14(13)16/h2-9,19H,17H2,1H3,(H,18,20). The van der Waals surface area contributed by atoms with Gasteiger partial charge >= 0.3 is 0 Å². The first-order chi connectivity index (χ1) is 9.47. The second-order valence-electron chi connectivity index (χ2n) is 4.49. The zero-order valence-electron chi connectivity index (χ0n) is 10.9. The normalized spacial score (nSPS) is 11.9. The van der Waals surface area contributed by atoms with E-state index in [-0.39, 0.29) is 5.91 Å². The minimum Gasteiger partial charge on any atom is -0.399 e. The number of aliphatic hydroxyl groups is 1. The van der Waals surface area contributed by atoms with E-state index in [9.17, 15) is 9.90 Å². The van der Waals surface area contributed by atoms with Gasteiger partial charge in [0, 0.05) is 11.4 Å². The highest BCUT2D eigenvalue weighted by Crippen LogP contribution is 2.22. The molecule has 0 saturated carbocycles. The van der Waals surface area contributed by atoms with Gasteiger partial charge in [0.05, 0.1) is 16.7 Å².